The molecule has 1 saturated heterocycles. The van der Waals surface area contributed by atoms with Crippen LogP contribution < -0.4 is 0 Å². The molecule has 11 heavy (non-hydrogen) atoms. The summed E-state index contributed by atoms with van der Waals surface area (Å²) in [7, 11) is 0. The van der Waals surface area contributed by atoms with Gasteiger partial charge in [-0.05, 0) is 20.3 Å². The van der Waals surface area contributed by atoms with Gasteiger partial charge >= 0.3 is 0 Å². The molecule has 0 N–H and O–H groups in total. The SMILES string of the molecule is CC[C@H]1O[C@@H](C)[C@](C)(F)[C@@H]1C. The lowest BCUT2D eigenvalue weighted by Crippen LogP contribution is -2.33. The van der Waals surface area contributed by atoms with Crippen LogP contribution in [-0.2, 0) is 4.74 Å². The summed E-state index contributed by atoms with van der Waals surface area (Å²) in [6.07, 6.45) is 0.771. The molecule has 0 amide bonds. The molecule has 0 unspecified atom stereocenters. The van der Waals surface area contributed by atoms with Crippen LogP contribution in [0.5, 0.6) is 0 Å². The highest BCUT2D eigenvalue weighted by molar-refractivity contribution is 4.96. The van der Waals surface area contributed by atoms with Crippen molar-refractivity contribution >= 4 is 0 Å². The molecule has 0 saturated carbocycles. The summed E-state index contributed by atoms with van der Waals surface area (Å²) in [4.78, 5) is 0. The minimum atomic E-state index is -1.14. The lowest BCUT2D eigenvalue weighted by atomic mass is 9.87. The molecular weight excluding hydrogens is 143 g/mol. The normalized spacial score (nSPS) is 51.5. The van der Waals surface area contributed by atoms with E-state index in [1.54, 1.807) is 6.92 Å². The summed E-state index contributed by atoms with van der Waals surface area (Å²) in [5, 5.41) is 0. The molecule has 1 fully saturated rings. The van der Waals surface area contributed by atoms with Crippen LogP contribution in [0.4, 0.5) is 4.39 Å². The van der Waals surface area contributed by atoms with Crippen molar-refractivity contribution < 1.29 is 9.13 Å². The molecule has 1 aliphatic heterocycles. The van der Waals surface area contributed by atoms with Crippen LogP contribution in [0.2, 0.25) is 0 Å². The summed E-state index contributed by atoms with van der Waals surface area (Å²) in [6, 6.07) is 0. The molecule has 1 heterocycles. The highest BCUT2D eigenvalue weighted by Crippen LogP contribution is 2.39. The third kappa shape index (κ3) is 1.28. The summed E-state index contributed by atoms with van der Waals surface area (Å²) < 4.78 is 19.2. The molecule has 0 aromatic carbocycles. The first-order valence-electron chi connectivity index (χ1n) is 4.34. The van der Waals surface area contributed by atoms with Gasteiger partial charge in [0.25, 0.3) is 0 Å². The van der Waals surface area contributed by atoms with E-state index in [0.29, 0.717) is 0 Å². The second-order valence-electron chi connectivity index (χ2n) is 3.66. The zero-order valence-electron chi connectivity index (χ0n) is 7.73. The third-order valence-corrected chi connectivity index (χ3v) is 3.02. The molecule has 1 nitrogen and oxygen atoms in total. The first kappa shape index (κ1) is 8.98. The minimum absolute atomic E-state index is 0.0301. The van der Waals surface area contributed by atoms with Crippen LogP contribution in [0.25, 0.3) is 0 Å². The fourth-order valence-corrected chi connectivity index (χ4v) is 1.70. The topological polar surface area (TPSA) is 9.23 Å². The zero-order valence-corrected chi connectivity index (χ0v) is 7.73. The van der Waals surface area contributed by atoms with E-state index >= 15 is 0 Å². The van der Waals surface area contributed by atoms with Gasteiger partial charge in [0, 0.05) is 5.92 Å². The van der Waals surface area contributed by atoms with Crippen LogP contribution in [0.15, 0.2) is 0 Å². The van der Waals surface area contributed by atoms with Crippen molar-refractivity contribution in [2.24, 2.45) is 5.92 Å². The van der Waals surface area contributed by atoms with Crippen LogP contribution in [0.3, 0.4) is 0 Å². The van der Waals surface area contributed by atoms with E-state index in [9.17, 15) is 4.39 Å². The summed E-state index contributed by atoms with van der Waals surface area (Å²) in [5.74, 6) is 0.0301. The van der Waals surface area contributed by atoms with Crippen LogP contribution in [-0.4, -0.2) is 17.9 Å². The van der Waals surface area contributed by atoms with E-state index in [0.717, 1.165) is 6.42 Å². The van der Waals surface area contributed by atoms with E-state index in [1.807, 2.05) is 20.8 Å². The maximum Gasteiger partial charge on any atom is 0.139 e. The Hall–Kier alpha value is -0.110. The predicted octanol–water partition coefficient (Wildman–Crippen LogP) is 2.55. The van der Waals surface area contributed by atoms with E-state index in [1.165, 1.54) is 0 Å². The predicted molar refractivity (Wildman–Crippen MR) is 43.3 cm³/mol. The molecule has 66 valence electrons. The molecule has 2 heteroatoms. The molecule has 0 aromatic rings. The maximum atomic E-state index is 13.7. The van der Waals surface area contributed by atoms with Crippen molar-refractivity contribution in [1.29, 1.82) is 0 Å². The van der Waals surface area contributed by atoms with Crippen molar-refractivity contribution in [3.8, 4) is 0 Å². The van der Waals surface area contributed by atoms with Gasteiger partial charge < -0.3 is 4.74 Å². The summed E-state index contributed by atoms with van der Waals surface area (Å²) in [6.45, 7) is 7.41. The van der Waals surface area contributed by atoms with Gasteiger partial charge in [-0.1, -0.05) is 13.8 Å². The Labute approximate surface area is 67.9 Å². The number of alkyl halides is 1. The standard InChI is InChI=1S/C9H17FO/c1-5-8-6(2)9(4,10)7(3)11-8/h6-8H,5H2,1-4H3/t6-,7+,8-,9-/m1/s1. The number of ether oxygens (including phenoxy) is 1. The lowest BCUT2D eigenvalue weighted by molar-refractivity contribution is 0.0147. The number of hydrogen-bond acceptors (Lipinski definition) is 1. The highest BCUT2D eigenvalue weighted by atomic mass is 19.1. The number of halogens is 1. The second-order valence-corrected chi connectivity index (χ2v) is 3.66. The lowest BCUT2D eigenvalue weighted by Gasteiger charge is -2.21. The summed E-state index contributed by atoms with van der Waals surface area (Å²) >= 11 is 0. The van der Waals surface area contributed by atoms with E-state index in [2.05, 4.69) is 0 Å². The Balaban J connectivity index is 2.71. The third-order valence-electron chi connectivity index (χ3n) is 3.02. The van der Waals surface area contributed by atoms with Crippen molar-refractivity contribution in [3.05, 3.63) is 0 Å². The van der Waals surface area contributed by atoms with Crippen molar-refractivity contribution in [2.45, 2.75) is 52.0 Å². The number of hydrogen-bond donors (Lipinski definition) is 0. The van der Waals surface area contributed by atoms with Crippen molar-refractivity contribution in [1.82, 2.24) is 0 Å². The average molecular weight is 160 g/mol. The van der Waals surface area contributed by atoms with E-state index < -0.39 is 5.67 Å². The largest absolute Gasteiger partial charge is 0.372 e. The van der Waals surface area contributed by atoms with Crippen LogP contribution in [0, 0.1) is 5.92 Å². The van der Waals surface area contributed by atoms with Gasteiger partial charge in [0.1, 0.15) is 5.67 Å². The molecule has 0 radical (unpaired) electrons. The monoisotopic (exact) mass is 160 g/mol. The van der Waals surface area contributed by atoms with Gasteiger partial charge in [-0.15, -0.1) is 0 Å². The first-order chi connectivity index (χ1) is 5.00. The Morgan fingerprint density at radius 2 is 2.00 bits per heavy atom. The molecular formula is C9H17FO. The van der Waals surface area contributed by atoms with Gasteiger partial charge in [-0.3, -0.25) is 0 Å². The van der Waals surface area contributed by atoms with Crippen LogP contribution >= 0.6 is 0 Å². The fourth-order valence-electron chi connectivity index (χ4n) is 1.70. The zero-order chi connectivity index (χ0) is 8.65. The molecule has 1 aliphatic rings. The number of rotatable bonds is 1. The minimum Gasteiger partial charge on any atom is -0.372 e. The molecule has 4 atom stereocenters. The van der Waals surface area contributed by atoms with Gasteiger partial charge in [-0.25, -0.2) is 4.39 Å². The van der Waals surface area contributed by atoms with Gasteiger partial charge in [0.2, 0.25) is 0 Å². The first-order valence-corrected chi connectivity index (χ1v) is 4.34. The smallest absolute Gasteiger partial charge is 0.139 e. The van der Waals surface area contributed by atoms with Gasteiger partial charge in [-0.2, -0.15) is 0 Å². The Morgan fingerprint density at radius 3 is 2.18 bits per heavy atom. The maximum absolute atomic E-state index is 13.7. The Kier molecular flexibility index (Phi) is 2.24. The molecule has 0 spiro atoms. The van der Waals surface area contributed by atoms with E-state index in [4.69, 9.17) is 4.74 Å². The summed E-state index contributed by atoms with van der Waals surface area (Å²) in [5.41, 5.74) is -1.14. The molecule has 0 aromatic heterocycles. The van der Waals surface area contributed by atoms with Gasteiger partial charge in [0.05, 0.1) is 12.2 Å². The molecule has 0 bridgehead atoms. The van der Waals surface area contributed by atoms with Crippen molar-refractivity contribution in [3.63, 3.8) is 0 Å². The Morgan fingerprint density at radius 1 is 1.45 bits per heavy atom. The van der Waals surface area contributed by atoms with Crippen LogP contribution in [0.1, 0.15) is 34.1 Å². The fraction of sp³-hybridized carbons (Fsp3) is 1.00. The van der Waals surface area contributed by atoms with Gasteiger partial charge in [0.15, 0.2) is 0 Å². The van der Waals surface area contributed by atoms with E-state index in [-0.39, 0.29) is 18.1 Å². The Bertz CT molecular complexity index is 144. The molecule has 1 rings (SSSR count). The quantitative estimate of drug-likeness (QED) is 0.572. The molecule has 0 aliphatic carbocycles. The highest BCUT2D eigenvalue weighted by Gasteiger charge is 2.48. The average Bonchev–Trinajstić information content (AvgIpc) is 2.14. The van der Waals surface area contributed by atoms with Crippen molar-refractivity contribution in [2.75, 3.05) is 0 Å². The second kappa shape index (κ2) is 2.74.